The Kier molecular flexibility index (Phi) is 7.03. The minimum atomic E-state index is 1.02. The Morgan fingerprint density at radius 2 is 1.63 bits per heavy atom. The van der Waals surface area contributed by atoms with Gasteiger partial charge in [0.1, 0.15) is 7.05 Å². The number of hydrogen-bond acceptors (Lipinski definition) is 1. The number of allylic oxidation sites excluding steroid dienone is 5. The van der Waals surface area contributed by atoms with E-state index in [0.29, 0.717) is 0 Å². The first-order valence-corrected chi connectivity index (χ1v) is 6.59. The van der Waals surface area contributed by atoms with E-state index in [1.54, 1.807) is 0 Å². The molecule has 0 radical (unpaired) electrons. The molecule has 1 aromatic rings. The molecular weight excluding hydrogens is 232 g/mol. The summed E-state index contributed by atoms with van der Waals surface area (Å²) in [6, 6.07) is 8.57. The van der Waals surface area contributed by atoms with Crippen LogP contribution in [0, 0.1) is 0 Å². The van der Waals surface area contributed by atoms with Crippen molar-refractivity contribution in [1.29, 1.82) is 0 Å². The van der Waals surface area contributed by atoms with Crippen LogP contribution in [0.4, 0.5) is 5.69 Å². The minimum Gasteiger partial charge on any atom is -0.375 e. The second kappa shape index (κ2) is 8.92. The van der Waals surface area contributed by atoms with Gasteiger partial charge in [0.15, 0.2) is 6.21 Å². The highest BCUT2D eigenvalue weighted by molar-refractivity contribution is 5.65. The van der Waals surface area contributed by atoms with E-state index in [2.05, 4.69) is 54.2 Å². The van der Waals surface area contributed by atoms with Crippen molar-refractivity contribution in [2.75, 3.05) is 25.5 Å². The zero-order valence-electron chi connectivity index (χ0n) is 12.0. The Balaban J connectivity index is 2.53. The summed E-state index contributed by atoms with van der Waals surface area (Å²) in [7, 11) is 3.98. The molecule has 2 heteroatoms. The van der Waals surface area contributed by atoms with Crippen LogP contribution >= 0.6 is 0 Å². The van der Waals surface area contributed by atoms with Gasteiger partial charge in [-0.2, -0.15) is 0 Å². The predicted molar refractivity (Wildman–Crippen MR) is 85.7 cm³/mol. The number of nitrogens with one attached hydrogen (secondary N) is 1. The van der Waals surface area contributed by atoms with E-state index in [1.807, 2.05) is 43.6 Å². The molecule has 1 aromatic carbocycles. The van der Waals surface area contributed by atoms with Crippen LogP contribution in [0.25, 0.3) is 6.08 Å². The predicted octanol–water partition coefficient (Wildman–Crippen LogP) is 2.05. The lowest BCUT2D eigenvalue weighted by Crippen LogP contribution is -2.62. The molecule has 0 aromatic heterocycles. The second-order valence-electron chi connectivity index (χ2n) is 4.19. The van der Waals surface area contributed by atoms with Gasteiger partial charge >= 0.3 is 0 Å². The quantitative estimate of drug-likeness (QED) is 0.608. The molecule has 0 amide bonds. The first-order chi connectivity index (χ1) is 9.27. The second-order valence-corrected chi connectivity index (χ2v) is 4.19. The van der Waals surface area contributed by atoms with E-state index >= 15 is 0 Å². The Hall–Kier alpha value is -2.09. The van der Waals surface area contributed by atoms with Gasteiger partial charge in [0.05, 0.1) is 0 Å². The van der Waals surface area contributed by atoms with Gasteiger partial charge in [-0.25, -0.2) is 0 Å². The molecule has 0 spiro atoms. The Bertz CT molecular complexity index is 465. The van der Waals surface area contributed by atoms with Gasteiger partial charge in [0.2, 0.25) is 0 Å². The summed E-state index contributed by atoms with van der Waals surface area (Å²) >= 11 is 0. The van der Waals surface area contributed by atoms with Crippen molar-refractivity contribution in [2.24, 2.45) is 0 Å². The molecule has 0 unspecified atom stereocenters. The zero-order valence-corrected chi connectivity index (χ0v) is 12.0. The summed E-state index contributed by atoms with van der Waals surface area (Å²) < 4.78 is 0. The molecule has 0 aliphatic heterocycles. The fourth-order valence-electron chi connectivity index (χ4n) is 1.53. The molecule has 0 saturated heterocycles. The van der Waals surface area contributed by atoms with Gasteiger partial charge < -0.3 is 4.90 Å². The van der Waals surface area contributed by atoms with Crippen LogP contribution in [0.3, 0.4) is 0 Å². The molecule has 2 nitrogen and oxygen atoms in total. The van der Waals surface area contributed by atoms with Gasteiger partial charge in [0, 0.05) is 25.4 Å². The first kappa shape index (κ1) is 15.0. The molecule has 0 aliphatic rings. The maximum atomic E-state index is 2.94. The molecule has 19 heavy (non-hydrogen) atoms. The van der Waals surface area contributed by atoms with Crippen LogP contribution in [0.2, 0.25) is 0 Å². The van der Waals surface area contributed by atoms with E-state index < -0.39 is 0 Å². The average Bonchev–Trinajstić information content (AvgIpc) is 2.46. The lowest BCUT2D eigenvalue weighted by atomic mass is 10.2. The highest BCUT2D eigenvalue weighted by Gasteiger charge is 1.95. The number of rotatable bonds is 6. The van der Waals surface area contributed by atoms with Crippen LogP contribution < -0.4 is 9.89 Å². The van der Waals surface area contributed by atoms with Crippen molar-refractivity contribution in [3.63, 3.8) is 0 Å². The lowest BCUT2D eigenvalue weighted by Gasteiger charge is -2.16. The fraction of sp³-hybridized carbons (Fsp3) is 0.235. The Morgan fingerprint density at radius 3 is 2.26 bits per heavy atom. The van der Waals surface area contributed by atoms with Gasteiger partial charge in [-0.1, -0.05) is 42.5 Å². The SMILES string of the molecule is CCN(C)c1ccc(/C=C/C=C/C=C\C=[NH+]C)cc1. The van der Waals surface area contributed by atoms with Crippen molar-refractivity contribution in [2.45, 2.75) is 6.92 Å². The summed E-state index contributed by atoms with van der Waals surface area (Å²) in [5, 5.41) is 0. The molecule has 0 heterocycles. The Morgan fingerprint density at radius 1 is 1.00 bits per heavy atom. The van der Waals surface area contributed by atoms with Gasteiger partial charge in [0.25, 0.3) is 0 Å². The highest BCUT2D eigenvalue weighted by atomic mass is 15.1. The van der Waals surface area contributed by atoms with Crippen molar-refractivity contribution in [3.05, 3.63) is 60.2 Å². The summed E-state index contributed by atoms with van der Waals surface area (Å²) in [5.74, 6) is 0. The van der Waals surface area contributed by atoms with Gasteiger partial charge in [-0.05, 0) is 24.6 Å². The van der Waals surface area contributed by atoms with Crippen LogP contribution in [-0.2, 0) is 0 Å². The largest absolute Gasteiger partial charge is 0.375 e. The molecule has 0 fully saturated rings. The maximum absolute atomic E-state index is 2.94. The van der Waals surface area contributed by atoms with Gasteiger partial charge in [-0.3, -0.25) is 4.99 Å². The summed E-state index contributed by atoms with van der Waals surface area (Å²) in [6.45, 7) is 3.17. The molecule has 0 saturated carbocycles. The smallest absolute Gasteiger partial charge is 0.161 e. The monoisotopic (exact) mass is 255 g/mol. The average molecular weight is 255 g/mol. The van der Waals surface area contributed by atoms with E-state index in [-0.39, 0.29) is 0 Å². The van der Waals surface area contributed by atoms with Crippen LogP contribution in [0.15, 0.2) is 54.6 Å². The zero-order chi connectivity index (χ0) is 13.9. The topological polar surface area (TPSA) is 17.2 Å². The molecule has 0 bridgehead atoms. The van der Waals surface area contributed by atoms with Crippen molar-refractivity contribution in [1.82, 2.24) is 0 Å². The van der Waals surface area contributed by atoms with Crippen molar-refractivity contribution in [3.8, 4) is 0 Å². The molecule has 100 valence electrons. The Labute approximate surface area is 116 Å². The van der Waals surface area contributed by atoms with Gasteiger partial charge in [-0.15, -0.1) is 0 Å². The summed E-state index contributed by atoms with van der Waals surface area (Å²) in [5.41, 5.74) is 2.46. The molecular formula is C17H23N2+. The number of hydrogen-bond donors (Lipinski definition) is 1. The summed E-state index contributed by atoms with van der Waals surface area (Å²) in [6.07, 6.45) is 14.0. The van der Waals surface area contributed by atoms with E-state index in [0.717, 1.165) is 6.54 Å². The normalized spacial score (nSPS) is 12.4. The van der Waals surface area contributed by atoms with E-state index in [4.69, 9.17) is 0 Å². The molecule has 1 N–H and O–H groups in total. The van der Waals surface area contributed by atoms with Crippen LogP contribution in [-0.4, -0.2) is 26.9 Å². The molecule has 1 rings (SSSR count). The fourth-order valence-corrected chi connectivity index (χ4v) is 1.53. The molecule has 0 aliphatic carbocycles. The van der Waals surface area contributed by atoms with E-state index in [9.17, 15) is 0 Å². The van der Waals surface area contributed by atoms with Crippen molar-refractivity contribution >= 4 is 18.0 Å². The minimum absolute atomic E-state index is 1.02. The molecule has 0 atom stereocenters. The third-order valence-electron chi connectivity index (χ3n) is 2.80. The first-order valence-electron chi connectivity index (χ1n) is 6.59. The van der Waals surface area contributed by atoms with Crippen molar-refractivity contribution < 1.29 is 4.99 Å². The van der Waals surface area contributed by atoms with Crippen LogP contribution in [0.5, 0.6) is 0 Å². The number of benzene rings is 1. The summed E-state index contributed by atoms with van der Waals surface area (Å²) in [4.78, 5) is 5.15. The number of anilines is 1. The third-order valence-corrected chi connectivity index (χ3v) is 2.80. The standard InChI is InChI=1S/C17H22N2/c1-4-19(3)17-13-11-16(12-14-17)10-8-6-5-7-9-15-18-2/h5-15H,4H2,1-3H3/p+1/b6-5+,9-7-,10-8+,18-15?. The van der Waals surface area contributed by atoms with Crippen LogP contribution in [0.1, 0.15) is 12.5 Å². The maximum Gasteiger partial charge on any atom is 0.161 e. The highest BCUT2D eigenvalue weighted by Crippen LogP contribution is 2.14. The lowest BCUT2D eigenvalue weighted by molar-refractivity contribution is -0.413. The van der Waals surface area contributed by atoms with E-state index in [1.165, 1.54) is 11.3 Å². The number of nitrogens with zero attached hydrogens (tertiary/aromatic N) is 1. The third kappa shape index (κ3) is 5.87.